The van der Waals surface area contributed by atoms with Crippen molar-refractivity contribution in [1.82, 2.24) is 0 Å². The maximum absolute atomic E-state index is 10.6. The van der Waals surface area contributed by atoms with E-state index in [1.165, 1.54) is 0 Å². The molecular formula is C15H17NO5S. The summed E-state index contributed by atoms with van der Waals surface area (Å²) in [5.41, 5.74) is 1.09. The van der Waals surface area contributed by atoms with E-state index >= 15 is 0 Å². The van der Waals surface area contributed by atoms with E-state index in [1.54, 1.807) is 24.3 Å². The lowest BCUT2D eigenvalue weighted by atomic mass is 10.2. The molecule has 0 aliphatic carbocycles. The molecule has 7 heteroatoms. The van der Waals surface area contributed by atoms with Crippen LogP contribution in [0.15, 0.2) is 54.6 Å². The van der Waals surface area contributed by atoms with Crippen molar-refractivity contribution >= 4 is 10.3 Å². The standard InChI is InChI=1S/C15H17NO5S/c16-22(17,18)21-11-10-19-14-6-8-15(9-7-14)20-12-13-4-2-1-3-5-13/h1-9H,10-12H2,(H2,16,17,18). The molecule has 0 saturated carbocycles. The Morgan fingerprint density at radius 1 is 0.818 bits per heavy atom. The highest BCUT2D eigenvalue weighted by atomic mass is 32.2. The van der Waals surface area contributed by atoms with E-state index in [0.717, 1.165) is 11.3 Å². The van der Waals surface area contributed by atoms with Crippen molar-refractivity contribution in [3.05, 3.63) is 60.2 Å². The molecule has 0 atom stereocenters. The Morgan fingerprint density at radius 3 is 2.00 bits per heavy atom. The van der Waals surface area contributed by atoms with Crippen LogP contribution in [-0.4, -0.2) is 21.6 Å². The second-order valence-electron chi connectivity index (χ2n) is 4.41. The summed E-state index contributed by atoms with van der Waals surface area (Å²) < 4.78 is 36.4. The van der Waals surface area contributed by atoms with Crippen molar-refractivity contribution in [3.8, 4) is 11.5 Å². The highest BCUT2D eigenvalue weighted by molar-refractivity contribution is 7.84. The van der Waals surface area contributed by atoms with Gasteiger partial charge in [0.2, 0.25) is 0 Å². The van der Waals surface area contributed by atoms with Crippen LogP contribution >= 0.6 is 0 Å². The van der Waals surface area contributed by atoms with Crippen LogP contribution in [0, 0.1) is 0 Å². The molecule has 0 aliphatic heterocycles. The van der Waals surface area contributed by atoms with E-state index in [9.17, 15) is 8.42 Å². The monoisotopic (exact) mass is 323 g/mol. The fraction of sp³-hybridized carbons (Fsp3) is 0.200. The average molecular weight is 323 g/mol. The lowest BCUT2D eigenvalue weighted by molar-refractivity contribution is 0.221. The van der Waals surface area contributed by atoms with Crippen LogP contribution < -0.4 is 14.6 Å². The molecule has 0 amide bonds. The van der Waals surface area contributed by atoms with Crippen LogP contribution in [0.4, 0.5) is 0 Å². The van der Waals surface area contributed by atoms with E-state index in [0.29, 0.717) is 12.4 Å². The Hall–Kier alpha value is -2.09. The summed E-state index contributed by atoms with van der Waals surface area (Å²) in [5, 5.41) is 4.69. The predicted octanol–water partition coefficient (Wildman–Crippen LogP) is 1.86. The van der Waals surface area contributed by atoms with Gasteiger partial charge in [-0.2, -0.15) is 8.42 Å². The molecule has 2 aromatic carbocycles. The van der Waals surface area contributed by atoms with Gasteiger partial charge in [-0.1, -0.05) is 30.3 Å². The van der Waals surface area contributed by atoms with Crippen LogP contribution in [0.5, 0.6) is 11.5 Å². The summed E-state index contributed by atoms with van der Waals surface area (Å²) in [5.74, 6) is 1.31. The first-order chi connectivity index (χ1) is 10.5. The van der Waals surface area contributed by atoms with Gasteiger partial charge in [-0.25, -0.2) is 5.14 Å². The van der Waals surface area contributed by atoms with E-state index in [1.807, 2.05) is 30.3 Å². The van der Waals surface area contributed by atoms with E-state index in [2.05, 4.69) is 4.18 Å². The molecule has 0 aliphatic rings. The summed E-state index contributed by atoms with van der Waals surface area (Å²) in [7, 11) is -3.92. The number of hydrogen-bond donors (Lipinski definition) is 1. The maximum atomic E-state index is 10.6. The fourth-order valence-corrected chi connectivity index (χ4v) is 1.98. The summed E-state index contributed by atoms with van der Waals surface area (Å²) in [6.07, 6.45) is 0. The minimum Gasteiger partial charge on any atom is -0.491 e. The normalized spacial score (nSPS) is 11.1. The van der Waals surface area contributed by atoms with Gasteiger partial charge < -0.3 is 9.47 Å². The minimum absolute atomic E-state index is 0.0840. The zero-order valence-electron chi connectivity index (χ0n) is 11.8. The zero-order valence-corrected chi connectivity index (χ0v) is 12.7. The van der Waals surface area contributed by atoms with Crippen molar-refractivity contribution in [2.75, 3.05) is 13.2 Å². The lowest BCUT2D eigenvalue weighted by Gasteiger charge is -2.08. The largest absolute Gasteiger partial charge is 0.491 e. The van der Waals surface area contributed by atoms with Crippen molar-refractivity contribution in [2.24, 2.45) is 5.14 Å². The molecule has 118 valence electrons. The predicted molar refractivity (Wildman–Crippen MR) is 81.8 cm³/mol. The maximum Gasteiger partial charge on any atom is 0.333 e. The first kappa shape index (κ1) is 16.3. The molecule has 0 bridgehead atoms. The van der Waals surface area contributed by atoms with Gasteiger partial charge in [0.1, 0.15) is 31.3 Å². The Labute approximate surface area is 129 Å². The molecule has 2 aromatic rings. The molecule has 22 heavy (non-hydrogen) atoms. The number of ether oxygens (including phenoxy) is 2. The van der Waals surface area contributed by atoms with Gasteiger partial charge in [-0.05, 0) is 29.8 Å². The average Bonchev–Trinajstić information content (AvgIpc) is 2.51. The molecule has 0 spiro atoms. The number of hydrogen-bond acceptors (Lipinski definition) is 5. The molecule has 6 nitrogen and oxygen atoms in total. The van der Waals surface area contributed by atoms with Gasteiger partial charge in [0.05, 0.1) is 0 Å². The van der Waals surface area contributed by atoms with Crippen molar-refractivity contribution in [1.29, 1.82) is 0 Å². The Kier molecular flexibility index (Phi) is 5.76. The van der Waals surface area contributed by atoms with E-state index in [4.69, 9.17) is 14.6 Å². The third-order valence-corrected chi connectivity index (χ3v) is 3.17. The molecule has 0 heterocycles. The van der Waals surface area contributed by atoms with Gasteiger partial charge in [-0.3, -0.25) is 4.18 Å². The molecule has 0 radical (unpaired) electrons. The van der Waals surface area contributed by atoms with Gasteiger partial charge in [0.25, 0.3) is 0 Å². The third-order valence-electron chi connectivity index (χ3n) is 2.67. The third kappa shape index (κ3) is 6.13. The molecule has 2 N–H and O–H groups in total. The Bertz CT molecular complexity index is 671. The Morgan fingerprint density at radius 2 is 1.41 bits per heavy atom. The second-order valence-corrected chi connectivity index (χ2v) is 5.63. The number of nitrogens with two attached hydrogens (primary N) is 1. The zero-order chi connectivity index (χ0) is 15.8. The molecule has 0 saturated heterocycles. The van der Waals surface area contributed by atoms with Gasteiger partial charge >= 0.3 is 10.3 Å². The first-order valence-electron chi connectivity index (χ1n) is 6.60. The molecule has 0 fully saturated rings. The summed E-state index contributed by atoms with van der Waals surface area (Å²) in [6, 6.07) is 16.9. The first-order valence-corrected chi connectivity index (χ1v) is 8.07. The highest BCUT2D eigenvalue weighted by Crippen LogP contribution is 2.18. The van der Waals surface area contributed by atoms with Gasteiger partial charge in [0.15, 0.2) is 0 Å². The smallest absolute Gasteiger partial charge is 0.333 e. The fourth-order valence-electron chi connectivity index (χ4n) is 1.68. The van der Waals surface area contributed by atoms with E-state index in [-0.39, 0.29) is 13.2 Å². The second kappa shape index (κ2) is 7.79. The highest BCUT2D eigenvalue weighted by Gasteiger charge is 2.02. The topological polar surface area (TPSA) is 87.9 Å². The van der Waals surface area contributed by atoms with Crippen molar-refractivity contribution in [2.45, 2.75) is 6.61 Å². The van der Waals surface area contributed by atoms with Crippen LogP contribution in [0.1, 0.15) is 5.56 Å². The van der Waals surface area contributed by atoms with Crippen molar-refractivity contribution < 1.29 is 22.1 Å². The van der Waals surface area contributed by atoms with Crippen LogP contribution in [0.2, 0.25) is 0 Å². The summed E-state index contributed by atoms with van der Waals surface area (Å²) in [4.78, 5) is 0. The van der Waals surface area contributed by atoms with Crippen molar-refractivity contribution in [3.63, 3.8) is 0 Å². The number of rotatable bonds is 8. The Balaban J connectivity index is 1.75. The molecule has 2 rings (SSSR count). The lowest BCUT2D eigenvalue weighted by Crippen LogP contribution is -2.19. The van der Waals surface area contributed by atoms with Crippen LogP contribution in [-0.2, 0) is 21.1 Å². The van der Waals surface area contributed by atoms with E-state index < -0.39 is 10.3 Å². The molecule has 0 aromatic heterocycles. The van der Waals surface area contributed by atoms with Gasteiger partial charge in [-0.15, -0.1) is 0 Å². The van der Waals surface area contributed by atoms with Crippen LogP contribution in [0.25, 0.3) is 0 Å². The quantitative estimate of drug-likeness (QED) is 0.749. The summed E-state index contributed by atoms with van der Waals surface area (Å²) >= 11 is 0. The number of benzene rings is 2. The summed E-state index contributed by atoms with van der Waals surface area (Å²) in [6.45, 7) is 0.439. The SMILES string of the molecule is NS(=O)(=O)OCCOc1ccc(OCc2ccccc2)cc1. The molecular weight excluding hydrogens is 306 g/mol. The minimum atomic E-state index is -3.92. The molecule has 0 unspecified atom stereocenters. The van der Waals surface area contributed by atoms with Crippen LogP contribution in [0.3, 0.4) is 0 Å². The van der Waals surface area contributed by atoms with Gasteiger partial charge in [0, 0.05) is 0 Å².